The van der Waals surface area contributed by atoms with E-state index in [0.29, 0.717) is 18.0 Å². The fraction of sp³-hybridized carbons (Fsp3) is 0.552. The van der Waals surface area contributed by atoms with Crippen molar-refractivity contribution in [2.75, 3.05) is 33.1 Å². The van der Waals surface area contributed by atoms with Crippen LogP contribution < -0.4 is 16.0 Å². The number of aliphatic hydroxyl groups excluding tert-OH is 2. The second kappa shape index (κ2) is 10.2. The number of nitrogens with zero attached hydrogens (tertiary/aromatic N) is 2. The Kier molecular flexibility index (Phi) is 7.55. The summed E-state index contributed by atoms with van der Waals surface area (Å²) in [6, 6.07) is 0.708. The minimum absolute atomic E-state index is 0.00476. The lowest BCUT2D eigenvalue weighted by atomic mass is 9.58. The molecule has 5 atom stereocenters. The summed E-state index contributed by atoms with van der Waals surface area (Å²) in [6.07, 6.45) is 0.287. The van der Waals surface area contributed by atoms with Gasteiger partial charge in [0, 0.05) is 43.9 Å². The van der Waals surface area contributed by atoms with Gasteiger partial charge in [-0.2, -0.15) is 0 Å². The average molecular weight is 557 g/mol. The Morgan fingerprint density at radius 1 is 1.15 bits per heavy atom. The number of nitrogens with one attached hydrogen (secondary N) is 1. The molecule has 1 aromatic carbocycles. The Morgan fingerprint density at radius 2 is 1.77 bits per heavy atom. The number of hydrogen-bond acceptors (Lipinski definition) is 10. The first-order chi connectivity index (χ1) is 18.5. The van der Waals surface area contributed by atoms with Crippen LogP contribution in [0.1, 0.15) is 48.7 Å². The van der Waals surface area contributed by atoms with Gasteiger partial charge in [-0.25, -0.2) is 0 Å². The van der Waals surface area contributed by atoms with E-state index in [1.165, 1.54) is 11.0 Å². The van der Waals surface area contributed by atoms with Crippen molar-refractivity contribution >= 4 is 23.2 Å². The molecule has 11 heteroatoms. The Balaban J connectivity index is 1.90. The molecular formula is C29H40N4O7. The first-order valence-electron chi connectivity index (χ1n) is 13.5. The van der Waals surface area contributed by atoms with Crippen molar-refractivity contribution in [2.45, 2.75) is 57.8 Å². The molecule has 40 heavy (non-hydrogen) atoms. The maximum Gasteiger partial charge on any atom is 0.255 e. The van der Waals surface area contributed by atoms with Crippen LogP contribution in [0.5, 0.6) is 5.75 Å². The van der Waals surface area contributed by atoms with E-state index in [1.807, 2.05) is 19.0 Å². The molecule has 11 nitrogen and oxygen atoms in total. The summed E-state index contributed by atoms with van der Waals surface area (Å²) in [5.74, 6) is -6.21. The van der Waals surface area contributed by atoms with Crippen molar-refractivity contribution in [1.29, 1.82) is 0 Å². The molecule has 0 radical (unpaired) electrons. The van der Waals surface area contributed by atoms with Gasteiger partial charge in [-0.1, -0.05) is 13.8 Å². The summed E-state index contributed by atoms with van der Waals surface area (Å²) < 4.78 is 0. The largest absolute Gasteiger partial charge is 0.510 e. The van der Waals surface area contributed by atoms with Crippen LogP contribution >= 0.6 is 0 Å². The van der Waals surface area contributed by atoms with Gasteiger partial charge in [-0.05, 0) is 62.9 Å². The van der Waals surface area contributed by atoms with E-state index in [0.717, 1.165) is 11.3 Å². The average Bonchev–Trinajstić information content (AvgIpc) is 2.83. The maximum atomic E-state index is 13.9. The zero-order chi connectivity index (χ0) is 30.0. The number of carbonyl (C=O) groups is 3. The Labute approximate surface area is 233 Å². The first-order valence-corrected chi connectivity index (χ1v) is 13.5. The molecule has 0 saturated carbocycles. The van der Waals surface area contributed by atoms with Crippen molar-refractivity contribution in [2.24, 2.45) is 23.5 Å². The van der Waals surface area contributed by atoms with E-state index >= 15 is 0 Å². The minimum atomic E-state index is -2.65. The molecule has 0 saturated heterocycles. The third-order valence-corrected chi connectivity index (χ3v) is 8.84. The van der Waals surface area contributed by atoms with Crippen LogP contribution in [-0.2, 0) is 22.6 Å². The predicted molar refractivity (Wildman–Crippen MR) is 149 cm³/mol. The molecule has 7 N–H and O–H groups in total. The Hall–Kier alpha value is -3.41. The summed E-state index contributed by atoms with van der Waals surface area (Å²) in [4.78, 5) is 42.9. The number of fused-ring (bicyclic) bond motifs is 3. The zero-order valence-corrected chi connectivity index (χ0v) is 24.1. The number of Topliss-reactive ketones (excluding diaryl/α,β-unsaturated/α-hetero) is 2. The molecule has 218 valence electrons. The molecular weight excluding hydrogens is 516 g/mol. The SMILES string of the molecule is CC(C)[C@@H](C)NCc1cc(O)c2c(c1N(C)C)C[C@H]1C[C@H]3[C@H](N(C)C)C(O)=C(C(N)=O)C(=O)[C@@]3(O)C(O)=C1C2=O. The molecule has 0 unspecified atom stereocenters. The number of aliphatic hydroxyl groups is 3. The quantitative estimate of drug-likeness (QED) is 0.269. The number of aromatic hydroxyl groups is 1. The van der Waals surface area contributed by atoms with Crippen molar-refractivity contribution in [3.8, 4) is 5.75 Å². The van der Waals surface area contributed by atoms with Crippen LogP contribution in [0.15, 0.2) is 28.7 Å². The number of primary amides is 1. The topological polar surface area (TPSA) is 177 Å². The third-order valence-electron chi connectivity index (χ3n) is 8.84. The molecule has 0 fully saturated rings. The van der Waals surface area contributed by atoms with E-state index in [2.05, 4.69) is 26.1 Å². The fourth-order valence-corrected chi connectivity index (χ4v) is 6.57. The molecule has 0 spiro atoms. The van der Waals surface area contributed by atoms with Gasteiger partial charge in [0.25, 0.3) is 5.91 Å². The number of ketones is 2. The van der Waals surface area contributed by atoms with Crippen molar-refractivity contribution in [1.82, 2.24) is 10.2 Å². The number of rotatable bonds is 7. The number of phenolic OH excluding ortho intramolecular Hbond substituents is 1. The molecule has 0 aliphatic heterocycles. The van der Waals surface area contributed by atoms with Crippen LogP contribution in [0.4, 0.5) is 5.69 Å². The van der Waals surface area contributed by atoms with Gasteiger partial charge in [-0.3, -0.25) is 19.3 Å². The Morgan fingerprint density at radius 3 is 2.30 bits per heavy atom. The monoisotopic (exact) mass is 556 g/mol. The molecule has 4 rings (SSSR count). The van der Waals surface area contributed by atoms with Gasteiger partial charge in [0.15, 0.2) is 11.4 Å². The van der Waals surface area contributed by atoms with E-state index in [-0.39, 0.29) is 35.8 Å². The number of hydrogen-bond donors (Lipinski definition) is 6. The second-order valence-corrected chi connectivity index (χ2v) is 12.0. The van der Waals surface area contributed by atoms with E-state index < -0.39 is 58.0 Å². The lowest BCUT2D eigenvalue weighted by Crippen LogP contribution is -2.63. The predicted octanol–water partition coefficient (Wildman–Crippen LogP) is 1.32. The zero-order valence-electron chi connectivity index (χ0n) is 24.1. The number of nitrogens with two attached hydrogens (primary N) is 1. The molecule has 3 aliphatic carbocycles. The standard InChI is InChI=1S/C29H40N4O7/c1-12(2)13(3)31-11-15-10-18(34)20-16(22(15)32(4)5)8-14-9-17-23(33(6)7)25(36)21(28(30)39)27(38)29(17,40)26(37)19(14)24(20)35/h10,12-14,17,23,31,34,36-37,40H,8-9,11H2,1-7H3,(H2,30,39)/t13-,14+,17+,23+,29+/m1/s1. The highest BCUT2D eigenvalue weighted by molar-refractivity contribution is 6.24. The van der Waals surface area contributed by atoms with E-state index in [4.69, 9.17) is 5.73 Å². The lowest BCUT2D eigenvalue weighted by Gasteiger charge is -2.50. The molecule has 0 heterocycles. The van der Waals surface area contributed by atoms with Crippen LogP contribution in [0.25, 0.3) is 0 Å². The number of carbonyl (C=O) groups excluding carboxylic acids is 3. The summed E-state index contributed by atoms with van der Waals surface area (Å²) in [5, 5.41) is 48.6. The summed E-state index contributed by atoms with van der Waals surface area (Å²) >= 11 is 0. The van der Waals surface area contributed by atoms with Crippen molar-refractivity contribution < 1.29 is 34.8 Å². The maximum absolute atomic E-state index is 13.9. The van der Waals surface area contributed by atoms with Gasteiger partial charge in [0.2, 0.25) is 5.78 Å². The van der Waals surface area contributed by atoms with Crippen LogP contribution in [-0.4, -0.2) is 88.7 Å². The summed E-state index contributed by atoms with van der Waals surface area (Å²) in [7, 11) is 6.91. The molecule has 0 aromatic heterocycles. The number of phenols is 1. The van der Waals surface area contributed by atoms with E-state index in [1.54, 1.807) is 14.1 Å². The number of benzene rings is 1. The minimum Gasteiger partial charge on any atom is -0.510 e. The first kappa shape index (κ1) is 29.6. The van der Waals surface area contributed by atoms with Crippen molar-refractivity contribution in [3.63, 3.8) is 0 Å². The fourth-order valence-electron chi connectivity index (χ4n) is 6.57. The van der Waals surface area contributed by atoms with Gasteiger partial charge in [0.05, 0.1) is 11.6 Å². The van der Waals surface area contributed by atoms with Gasteiger partial charge in [0.1, 0.15) is 22.8 Å². The molecule has 3 aliphatic rings. The highest BCUT2D eigenvalue weighted by atomic mass is 16.3. The number of amides is 1. The van der Waals surface area contributed by atoms with Crippen LogP contribution in [0, 0.1) is 17.8 Å². The molecule has 1 amide bonds. The summed E-state index contributed by atoms with van der Waals surface area (Å²) in [6.45, 7) is 6.74. The molecule has 0 bridgehead atoms. The lowest BCUT2D eigenvalue weighted by molar-refractivity contribution is -0.148. The molecule has 1 aromatic rings. The van der Waals surface area contributed by atoms with Crippen LogP contribution in [0.2, 0.25) is 0 Å². The number of anilines is 1. The Bertz CT molecular complexity index is 1350. The van der Waals surface area contributed by atoms with Gasteiger partial charge < -0.3 is 36.4 Å². The smallest absolute Gasteiger partial charge is 0.255 e. The van der Waals surface area contributed by atoms with Crippen molar-refractivity contribution in [3.05, 3.63) is 45.4 Å². The third kappa shape index (κ3) is 4.27. The van der Waals surface area contributed by atoms with E-state index in [9.17, 15) is 34.8 Å². The number of likely N-dealkylation sites (N-methyl/N-ethyl adjacent to an activating group) is 1. The summed E-state index contributed by atoms with van der Waals surface area (Å²) in [5.41, 5.74) is 3.93. The van der Waals surface area contributed by atoms with Gasteiger partial charge >= 0.3 is 0 Å². The normalized spacial score (nSPS) is 27.1. The highest BCUT2D eigenvalue weighted by Gasteiger charge is 2.63. The second-order valence-electron chi connectivity index (χ2n) is 12.0. The number of allylic oxidation sites excluding steroid dienone is 1. The van der Waals surface area contributed by atoms with Crippen LogP contribution in [0.3, 0.4) is 0 Å². The highest BCUT2D eigenvalue weighted by Crippen LogP contribution is 2.53. The van der Waals surface area contributed by atoms with Gasteiger partial charge in [-0.15, -0.1) is 0 Å².